The van der Waals surface area contributed by atoms with Crippen LogP contribution in [0.15, 0.2) is 28.9 Å². The minimum absolute atomic E-state index is 0.394. The van der Waals surface area contributed by atoms with Crippen LogP contribution in [0.1, 0.15) is 24.2 Å². The Hall–Kier alpha value is -2.02. The summed E-state index contributed by atoms with van der Waals surface area (Å²) >= 11 is 0. The van der Waals surface area contributed by atoms with Gasteiger partial charge in [0.25, 0.3) is 0 Å². The summed E-state index contributed by atoms with van der Waals surface area (Å²) in [6.45, 7) is 1.93. The first kappa shape index (κ1) is 11.5. The monoisotopic (exact) mass is 226 g/mol. The summed E-state index contributed by atoms with van der Waals surface area (Å²) < 4.78 is 0. The van der Waals surface area contributed by atoms with E-state index in [1.807, 2.05) is 31.3 Å². The summed E-state index contributed by atoms with van der Waals surface area (Å²) in [7, 11) is 0. The molecule has 0 bridgehead atoms. The highest BCUT2D eigenvalue weighted by Crippen LogP contribution is 2.18. The SMILES string of the molecule is Cc1ccc(CCC2C=C(C#N)N=CC2)nn1. The van der Waals surface area contributed by atoms with E-state index in [0.29, 0.717) is 11.6 Å². The fourth-order valence-corrected chi connectivity index (χ4v) is 1.78. The van der Waals surface area contributed by atoms with E-state index in [9.17, 15) is 0 Å². The zero-order valence-corrected chi connectivity index (χ0v) is 9.80. The van der Waals surface area contributed by atoms with Crippen LogP contribution in [-0.2, 0) is 6.42 Å². The van der Waals surface area contributed by atoms with E-state index in [1.54, 1.807) is 0 Å². The van der Waals surface area contributed by atoms with Crippen molar-refractivity contribution in [1.29, 1.82) is 5.26 Å². The van der Waals surface area contributed by atoms with Gasteiger partial charge >= 0.3 is 0 Å². The van der Waals surface area contributed by atoms with Crippen LogP contribution < -0.4 is 0 Å². The second-order valence-corrected chi connectivity index (χ2v) is 4.18. The Labute approximate surface area is 101 Å². The Morgan fingerprint density at radius 1 is 1.41 bits per heavy atom. The molecule has 4 nitrogen and oxygen atoms in total. The number of hydrogen-bond donors (Lipinski definition) is 0. The average Bonchev–Trinajstić information content (AvgIpc) is 2.38. The van der Waals surface area contributed by atoms with Crippen molar-refractivity contribution < 1.29 is 0 Å². The third kappa shape index (κ3) is 3.22. The van der Waals surface area contributed by atoms with Gasteiger partial charge in [-0.1, -0.05) is 0 Å². The van der Waals surface area contributed by atoms with E-state index in [1.165, 1.54) is 0 Å². The number of aliphatic imine (C=N–C) groups is 1. The number of nitrogens with zero attached hydrogens (tertiary/aromatic N) is 4. The molecule has 0 spiro atoms. The van der Waals surface area contributed by atoms with Gasteiger partial charge in [-0.05, 0) is 50.3 Å². The zero-order valence-electron chi connectivity index (χ0n) is 9.80. The van der Waals surface area contributed by atoms with Crippen LogP contribution in [0.5, 0.6) is 0 Å². The van der Waals surface area contributed by atoms with Crippen molar-refractivity contribution in [3.05, 3.63) is 35.3 Å². The highest BCUT2D eigenvalue weighted by Gasteiger charge is 2.10. The molecular formula is C13H14N4. The van der Waals surface area contributed by atoms with Crippen LogP contribution in [0, 0.1) is 24.2 Å². The molecule has 0 N–H and O–H groups in total. The van der Waals surface area contributed by atoms with Crippen molar-refractivity contribution >= 4 is 6.21 Å². The first-order chi connectivity index (χ1) is 8.28. The lowest BCUT2D eigenvalue weighted by Gasteiger charge is -2.12. The lowest BCUT2D eigenvalue weighted by molar-refractivity contribution is 0.598. The maximum atomic E-state index is 8.77. The number of aromatic nitrogens is 2. The van der Waals surface area contributed by atoms with Crippen LogP contribution in [0.3, 0.4) is 0 Å². The molecule has 1 atom stereocenters. The van der Waals surface area contributed by atoms with Gasteiger partial charge in [-0.3, -0.25) is 4.99 Å². The number of rotatable bonds is 3. The van der Waals surface area contributed by atoms with Gasteiger partial charge in [-0.15, -0.1) is 0 Å². The minimum atomic E-state index is 0.394. The highest BCUT2D eigenvalue weighted by molar-refractivity contribution is 5.62. The largest absolute Gasteiger partial charge is 0.250 e. The molecule has 4 heteroatoms. The molecule has 2 rings (SSSR count). The van der Waals surface area contributed by atoms with E-state index in [0.717, 1.165) is 30.7 Å². The highest BCUT2D eigenvalue weighted by atomic mass is 15.1. The summed E-state index contributed by atoms with van der Waals surface area (Å²) in [6, 6.07) is 6.06. The molecule has 1 aliphatic heterocycles. The first-order valence-electron chi connectivity index (χ1n) is 5.71. The van der Waals surface area contributed by atoms with Gasteiger partial charge in [0.15, 0.2) is 0 Å². The molecule has 0 aromatic carbocycles. The zero-order chi connectivity index (χ0) is 12.1. The van der Waals surface area contributed by atoms with Crippen molar-refractivity contribution in [2.24, 2.45) is 10.9 Å². The van der Waals surface area contributed by atoms with E-state index >= 15 is 0 Å². The molecule has 1 aromatic rings. The molecule has 0 aliphatic carbocycles. The Balaban J connectivity index is 1.91. The van der Waals surface area contributed by atoms with E-state index in [-0.39, 0.29) is 0 Å². The number of allylic oxidation sites excluding steroid dienone is 2. The lowest BCUT2D eigenvalue weighted by atomic mass is 9.96. The standard InChI is InChI=1S/C13H14N4/c1-10-2-4-12(17-16-10)5-3-11-6-7-15-13(8-11)9-14/h2,4,7-8,11H,3,5-6H2,1H3. The number of aryl methyl sites for hydroxylation is 2. The van der Waals surface area contributed by atoms with Crippen LogP contribution in [0.25, 0.3) is 0 Å². The Morgan fingerprint density at radius 2 is 2.29 bits per heavy atom. The molecule has 0 amide bonds. The summed E-state index contributed by atoms with van der Waals surface area (Å²) in [5.41, 5.74) is 2.46. The predicted molar refractivity (Wildman–Crippen MR) is 65.4 cm³/mol. The van der Waals surface area contributed by atoms with Crippen molar-refractivity contribution in [2.45, 2.75) is 26.2 Å². The molecular weight excluding hydrogens is 212 g/mol. The van der Waals surface area contributed by atoms with Gasteiger partial charge < -0.3 is 0 Å². The fourth-order valence-electron chi connectivity index (χ4n) is 1.78. The van der Waals surface area contributed by atoms with Crippen molar-refractivity contribution in [3.8, 4) is 6.07 Å². The molecule has 17 heavy (non-hydrogen) atoms. The fraction of sp³-hybridized carbons (Fsp3) is 0.385. The van der Waals surface area contributed by atoms with E-state index in [4.69, 9.17) is 5.26 Å². The number of hydrogen-bond acceptors (Lipinski definition) is 4. The van der Waals surface area contributed by atoms with E-state index in [2.05, 4.69) is 21.3 Å². The first-order valence-corrected chi connectivity index (χ1v) is 5.71. The van der Waals surface area contributed by atoms with Crippen LogP contribution in [0.4, 0.5) is 0 Å². The Bertz CT molecular complexity index is 479. The Morgan fingerprint density at radius 3 is 3.00 bits per heavy atom. The van der Waals surface area contributed by atoms with Crippen molar-refractivity contribution in [3.63, 3.8) is 0 Å². The quantitative estimate of drug-likeness (QED) is 0.793. The molecule has 2 heterocycles. The normalized spacial score (nSPS) is 18.6. The molecule has 1 aromatic heterocycles. The summed E-state index contributed by atoms with van der Waals surface area (Å²) in [6.07, 6.45) is 6.55. The lowest BCUT2D eigenvalue weighted by Crippen LogP contribution is -2.06. The smallest absolute Gasteiger partial charge is 0.136 e. The second kappa shape index (κ2) is 5.35. The predicted octanol–water partition coefficient (Wildman–Crippen LogP) is 2.22. The van der Waals surface area contributed by atoms with Gasteiger partial charge in [0.05, 0.1) is 11.4 Å². The van der Waals surface area contributed by atoms with Gasteiger partial charge in [0.2, 0.25) is 0 Å². The second-order valence-electron chi connectivity index (χ2n) is 4.18. The van der Waals surface area contributed by atoms with Gasteiger partial charge in [-0.2, -0.15) is 15.5 Å². The van der Waals surface area contributed by atoms with Gasteiger partial charge in [0, 0.05) is 6.21 Å². The topological polar surface area (TPSA) is 61.9 Å². The Kier molecular flexibility index (Phi) is 3.61. The van der Waals surface area contributed by atoms with Crippen LogP contribution >= 0.6 is 0 Å². The summed E-state index contributed by atoms with van der Waals surface area (Å²) in [5, 5.41) is 16.9. The molecule has 1 unspecified atom stereocenters. The van der Waals surface area contributed by atoms with Crippen molar-refractivity contribution in [1.82, 2.24) is 10.2 Å². The van der Waals surface area contributed by atoms with Crippen LogP contribution in [0.2, 0.25) is 0 Å². The van der Waals surface area contributed by atoms with E-state index < -0.39 is 0 Å². The molecule has 0 saturated carbocycles. The molecule has 0 radical (unpaired) electrons. The van der Waals surface area contributed by atoms with Crippen molar-refractivity contribution in [2.75, 3.05) is 0 Å². The average molecular weight is 226 g/mol. The maximum absolute atomic E-state index is 8.77. The van der Waals surface area contributed by atoms with Gasteiger partial charge in [0.1, 0.15) is 11.8 Å². The third-order valence-electron chi connectivity index (χ3n) is 2.77. The van der Waals surface area contributed by atoms with Crippen LogP contribution in [-0.4, -0.2) is 16.4 Å². The minimum Gasteiger partial charge on any atom is -0.250 e. The molecule has 86 valence electrons. The maximum Gasteiger partial charge on any atom is 0.136 e. The summed E-state index contributed by atoms with van der Waals surface area (Å²) in [4.78, 5) is 4.01. The molecule has 0 fully saturated rings. The molecule has 0 saturated heterocycles. The summed E-state index contributed by atoms with van der Waals surface area (Å²) in [5.74, 6) is 0.394. The third-order valence-corrected chi connectivity index (χ3v) is 2.77. The molecule has 1 aliphatic rings. The number of nitriles is 1. The van der Waals surface area contributed by atoms with Gasteiger partial charge in [-0.25, -0.2) is 0 Å².